The van der Waals surface area contributed by atoms with Gasteiger partial charge in [-0.2, -0.15) is 0 Å². The lowest BCUT2D eigenvalue weighted by Gasteiger charge is -2.37. The molecule has 0 fully saturated rings. The van der Waals surface area contributed by atoms with Crippen molar-refractivity contribution in [1.82, 2.24) is 0 Å². The lowest BCUT2D eigenvalue weighted by molar-refractivity contribution is -0.113. The van der Waals surface area contributed by atoms with Gasteiger partial charge in [0.25, 0.3) is 0 Å². The molecule has 0 aromatic rings. The molecule has 0 amide bonds. The predicted octanol–water partition coefficient (Wildman–Crippen LogP) is 8.87. The van der Waals surface area contributed by atoms with Crippen molar-refractivity contribution in [2.75, 3.05) is 0 Å². The Morgan fingerprint density at radius 1 is 0.643 bits per heavy atom. The van der Waals surface area contributed by atoms with E-state index in [1.807, 2.05) is 0 Å². The molecule has 0 spiro atoms. The van der Waals surface area contributed by atoms with Crippen LogP contribution in [0.25, 0.3) is 0 Å². The summed E-state index contributed by atoms with van der Waals surface area (Å²) in [5, 5.41) is 0. The molecule has 28 heavy (non-hydrogen) atoms. The molecule has 1 nitrogen and oxygen atoms in total. The Kier molecular flexibility index (Phi) is 15.9. The molecule has 2 heteroatoms. The Bertz CT molecular complexity index is 431. The standard InChI is InChI=1S/C26H50OSi/c1-8-9-10-11-12-13-14-15-16-17-18-19-20-26(27)21-22-28(23(2)3,24(4)5)25(6)7/h23-25H,8-20H2,1-7H3. The Morgan fingerprint density at radius 3 is 1.36 bits per heavy atom. The van der Waals surface area contributed by atoms with Crippen molar-refractivity contribution < 1.29 is 4.79 Å². The lowest BCUT2D eigenvalue weighted by Crippen LogP contribution is -2.43. The van der Waals surface area contributed by atoms with Gasteiger partial charge in [0.2, 0.25) is 5.78 Å². The van der Waals surface area contributed by atoms with E-state index in [1.165, 1.54) is 70.6 Å². The van der Waals surface area contributed by atoms with Gasteiger partial charge in [-0.1, -0.05) is 119 Å². The molecule has 0 saturated heterocycles. The van der Waals surface area contributed by atoms with Crippen LogP contribution in [0.15, 0.2) is 0 Å². The monoisotopic (exact) mass is 406 g/mol. The van der Waals surface area contributed by atoms with Crippen LogP contribution in [0, 0.1) is 11.5 Å². The molecule has 0 aliphatic carbocycles. The summed E-state index contributed by atoms with van der Waals surface area (Å²) in [6.07, 6.45) is 16.6. The van der Waals surface area contributed by atoms with Gasteiger partial charge < -0.3 is 0 Å². The van der Waals surface area contributed by atoms with Crippen molar-refractivity contribution in [3.05, 3.63) is 0 Å². The van der Waals surface area contributed by atoms with Gasteiger partial charge in [0, 0.05) is 6.42 Å². The normalized spacial score (nSPS) is 11.9. The number of unbranched alkanes of at least 4 members (excludes halogenated alkanes) is 11. The molecule has 0 aromatic carbocycles. The predicted molar refractivity (Wildman–Crippen MR) is 130 cm³/mol. The van der Waals surface area contributed by atoms with Gasteiger partial charge in [-0.15, -0.1) is 5.54 Å². The fourth-order valence-corrected chi connectivity index (χ4v) is 10.0. The van der Waals surface area contributed by atoms with Gasteiger partial charge in [-0.25, -0.2) is 0 Å². The highest BCUT2D eigenvalue weighted by Crippen LogP contribution is 2.40. The van der Waals surface area contributed by atoms with E-state index >= 15 is 0 Å². The van der Waals surface area contributed by atoms with E-state index in [0.717, 1.165) is 6.42 Å². The third kappa shape index (κ3) is 10.8. The van der Waals surface area contributed by atoms with E-state index < -0.39 is 8.07 Å². The fraction of sp³-hybridized carbons (Fsp3) is 0.885. The molecule has 0 saturated carbocycles. The first-order valence-electron chi connectivity index (χ1n) is 12.3. The maximum absolute atomic E-state index is 12.3. The van der Waals surface area contributed by atoms with E-state index in [1.54, 1.807) is 0 Å². The number of hydrogen-bond donors (Lipinski definition) is 0. The number of hydrogen-bond acceptors (Lipinski definition) is 1. The largest absolute Gasteiger partial charge is 0.285 e. The highest BCUT2D eigenvalue weighted by atomic mass is 28.3. The van der Waals surface area contributed by atoms with Crippen LogP contribution in [-0.2, 0) is 4.79 Å². The topological polar surface area (TPSA) is 17.1 Å². The molecule has 164 valence electrons. The lowest BCUT2D eigenvalue weighted by atomic mass is 10.0. The molecule has 0 N–H and O–H groups in total. The van der Waals surface area contributed by atoms with Gasteiger partial charge in [0.1, 0.15) is 8.07 Å². The summed E-state index contributed by atoms with van der Waals surface area (Å²) < 4.78 is 0. The van der Waals surface area contributed by atoms with E-state index in [9.17, 15) is 4.79 Å². The van der Waals surface area contributed by atoms with Crippen LogP contribution in [0.2, 0.25) is 16.6 Å². The van der Waals surface area contributed by atoms with Crippen LogP contribution in [0.5, 0.6) is 0 Å². The summed E-state index contributed by atoms with van der Waals surface area (Å²) in [7, 11) is -1.76. The number of Topliss-reactive ketones (excluding diaryl/α,β-unsaturated/α-hetero) is 1. The average Bonchev–Trinajstić information content (AvgIpc) is 2.62. The zero-order valence-electron chi connectivity index (χ0n) is 20.3. The molecule has 0 atom stereocenters. The van der Waals surface area contributed by atoms with Crippen LogP contribution in [0.4, 0.5) is 0 Å². The third-order valence-corrected chi connectivity index (χ3v) is 12.8. The Morgan fingerprint density at radius 2 is 1.00 bits per heavy atom. The molecule has 0 aliphatic heterocycles. The number of carbonyl (C=O) groups excluding carboxylic acids is 1. The van der Waals surface area contributed by atoms with Crippen molar-refractivity contribution in [2.24, 2.45) is 0 Å². The second kappa shape index (κ2) is 16.3. The maximum atomic E-state index is 12.3. The summed E-state index contributed by atoms with van der Waals surface area (Å²) in [4.78, 5) is 12.3. The zero-order chi connectivity index (χ0) is 21.4. The van der Waals surface area contributed by atoms with E-state index in [-0.39, 0.29) is 5.78 Å². The first-order valence-corrected chi connectivity index (χ1v) is 14.6. The molecule has 0 aromatic heterocycles. The van der Waals surface area contributed by atoms with Crippen LogP contribution in [-0.4, -0.2) is 13.9 Å². The van der Waals surface area contributed by atoms with E-state index in [0.29, 0.717) is 23.0 Å². The molecule has 0 radical (unpaired) electrons. The van der Waals surface area contributed by atoms with Crippen LogP contribution < -0.4 is 0 Å². The summed E-state index contributed by atoms with van der Waals surface area (Å²) in [5.41, 5.74) is 5.35. The van der Waals surface area contributed by atoms with Crippen LogP contribution >= 0.6 is 0 Å². The third-order valence-electron chi connectivity index (χ3n) is 6.54. The SMILES string of the molecule is CCCCCCCCCCCCCCC(=O)C#C[Si](C(C)C)(C(C)C)C(C)C. The van der Waals surface area contributed by atoms with Crippen molar-refractivity contribution in [1.29, 1.82) is 0 Å². The smallest absolute Gasteiger partial charge is 0.204 e. The van der Waals surface area contributed by atoms with E-state index in [4.69, 9.17) is 0 Å². The average molecular weight is 407 g/mol. The zero-order valence-corrected chi connectivity index (χ0v) is 21.3. The summed E-state index contributed by atoms with van der Waals surface area (Å²) in [5.74, 6) is 3.25. The summed E-state index contributed by atoms with van der Waals surface area (Å²) >= 11 is 0. The van der Waals surface area contributed by atoms with Gasteiger partial charge in [-0.05, 0) is 29.0 Å². The second-order valence-electron chi connectivity index (χ2n) is 9.71. The first-order chi connectivity index (χ1) is 13.3. The maximum Gasteiger partial charge on any atom is 0.204 e. The number of ketones is 1. The minimum atomic E-state index is -1.76. The quantitative estimate of drug-likeness (QED) is 0.142. The number of carbonyl (C=O) groups is 1. The van der Waals surface area contributed by atoms with Crippen molar-refractivity contribution >= 4 is 13.9 Å². The molecular formula is C26H50OSi. The van der Waals surface area contributed by atoms with Crippen molar-refractivity contribution in [3.63, 3.8) is 0 Å². The molecule has 0 unspecified atom stereocenters. The minimum absolute atomic E-state index is 0.172. The minimum Gasteiger partial charge on any atom is -0.285 e. The second-order valence-corrected chi connectivity index (χ2v) is 15.3. The van der Waals surface area contributed by atoms with Gasteiger partial charge >= 0.3 is 0 Å². The molecular weight excluding hydrogens is 356 g/mol. The summed E-state index contributed by atoms with van der Waals surface area (Å²) in [6, 6.07) is 0. The van der Waals surface area contributed by atoms with Crippen LogP contribution in [0.3, 0.4) is 0 Å². The molecule has 0 bridgehead atoms. The molecule has 0 rings (SSSR count). The van der Waals surface area contributed by atoms with Crippen molar-refractivity contribution in [2.45, 2.75) is 149 Å². The van der Waals surface area contributed by atoms with E-state index in [2.05, 4.69) is 59.9 Å². The molecule has 0 aliphatic rings. The van der Waals surface area contributed by atoms with Gasteiger partial charge in [0.05, 0.1) is 0 Å². The Labute approximate surface area is 178 Å². The molecule has 0 heterocycles. The summed E-state index contributed by atoms with van der Waals surface area (Å²) in [6.45, 7) is 16.1. The highest BCUT2D eigenvalue weighted by Gasteiger charge is 2.41. The Hall–Kier alpha value is -0.553. The van der Waals surface area contributed by atoms with Gasteiger partial charge in [0.15, 0.2) is 0 Å². The number of rotatable bonds is 16. The first kappa shape index (κ1) is 27.4. The Balaban J connectivity index is 3.99. The highest BCUT2D eigenvalue weighted by molar-refractivity contribution is 6.90. The van der Waals surface area contributed by atoms with Crippen LogP contribution in [0.1, 0.15) is 132 Å². The fourth-order valence-electron chi connectivity index (χ4n) is 4.80. The van der Waals surface area contributed by atoms with Crippen molar-refractivity contribution in [3.8, 4) is 11.5 Å². The van der Waals surface area contributed by atoms with Gasteiger partial charge in [-0.3, -0.25) is 4.79 Å².